The number of fused-ring (bicyclic) bond motifs is 4. The van der Waals surface area contributed by atoms with E-state index < -0.39 is 10.0 Å². The molecule has 8 heteroatoms. The highest BCUT2D eigenvalue weighted by molar-refractivity contribution is 7.92. The van der Waals surface area contributed by atoms with Crippen LogP contribution in [0.2, 0.25) is 0 Å². The predicted molar refractivity (Wildman–Crippen MR) is 149 cm³/mol. The SMILES string of the molecule is Cc1cccc(C)c1-c1cc2nc(n1)NS(=O)(=O)c1cccc(c1)C(C1CC(CO)C1)[C@H](CC(C)C)CO2. The number of sulfonamides is 1. The fourth-order valence-corrected chi connectivity index (χ4v) is 7.23. The van der Waals surface area contributed by atoms with Gasteiger partial charge >= 0.3 is 0 Å². The van der Waals surface area contributed by atoms with Gasteiger partial charge in [-0.1, -0.05) is 44.2 Å². The molecule has 2 atom stereocenters. The van der Waals surface area contributed by atoms with Gasteiger partial charge in [0.1, 0.15) is 0 Å². The standard InChI is InChI=1S/C30H37N3O4S/c1-18(2)11-24-17-37-27-15-26(28-19(3)7-5-8-20(28)4)31-30(32-27)33-38(35,36)25-10-6-9-22(14-25)29(24)23-12-21(13-23)16-34/h5-10,14-15,18,21,23-24,29,34H,11-13,16-17H2,1-4H3,(H,31,32,33)/t21?,23?,24-,29?/m1/s1. The Labute approximate surface area is 225 Å². The molecule has 1 unspecified atom stereocenters. The van der Waals surface area contributed by atoms with E-state index in [-0.39, 0.29) is 29.3 Å². The van der Waals surface area contributed by atoms with Gasteiger partial charge in [0.15, 0.2) is 0 Å². The molecular weight excluding hydrogens is 498 g/mol. The van der Waals surface area contributed by atoms with E-state index in [1.807, 2.05) is 50.2 Å². The van der Waals surface area contributed by atoms with E-state index in [4.69, 9.17) is 4.74 Å². The number of aryl methyl sites for hydroxylation is 2. The maximum atomic E-state index is 13.5. The highest BCUT2D eigenvalue weighted by atomic mass is 32.2. The van der Waals surface area contributed by atoms with Gasteiger partial charge in [0.05, 0.1) is 17.2 Å². The minimum Gasteiger partial charge on any atom is -0.477 e. The largest absolute Gasteiger partial charge is 0.477 e. The lowest BCUT2D eigenvalue weighted by Crippen LogP contribution is -2.37. The molecule has 1 fully saturated rings. The molecular formula is C30H37N3O4S. The summed E-state index contributed by atoms with van der Waals surface area (Å²) in [6, 6.07) is 15.1. The highest BCUT2D eigenvalue weighted by Crippen LogP contribution is 2.48. The first-order chi connectivity index (χ1) is 18.1. The van der Waals surface area contributed by atoms with Gasteiger partial charge in [-0.2, -0.15) is 4.98 Å². The zero-order chi connectivity index (χ0) is 27.0. The molecule has 4 bridgehead atoms. The molecule has 2 aromatic carbocycles. The quantitative estimate of drug-likeness (QED) is 0.433. The molecule has 1 aromatic heterocycles. The van der Waals surface area contributed by atoms with Gasteiger partial charge in [0.2, 0.25) is 11.8 Å². The number of aliphatic hydroxyl groups is 1. The number of anilines is 1. The molecule has 2 N–H and O–H groups in total. The van der Waals surface area contributed by atoms with Crippen molar-refractivity contribution in [1.82, 2.24) is 9.97 Å². The number of aliphatic hydroxyl groups excluding tert-OH is 1. The molecule has 1 saturated carbocycles. The van der Waals surface area contributed by atoms with Crippen LogP contribution in [0.5, 0.6) is 5.88 Å². The Morgan fingerprint density at radius 2 is 1.76 bits per heavy atom. The summed E-state index contributed by atoms with van der Waals surface area (Å²) < 4.78 is 36.0. The molecule has 1 aliphatic carbocycles. The third-order valence-electron chi connectivity index (χ3n) is 7.98. The number of benzene rings is 2. The molecule has 0 radical (unpaired) electrons. The van der Waals surface area contributed by atoms with E-state index >= 15 is 0 Å². The lowest BCUT2D eigenvalue weighted by atomic mass is 9.62. The number of rotatable bonds is 5. The summed E-state index contributed by atoms with van der Waals surface area (Å²) in [6.07, 6.45) is 2.79. The Morgan fingerprint density at radius 1 is 1.05 bits per heavy atom. The summed E-state index contributed by atoms with van der Waals surface area (Å²) in [7, 11) is -3.93. The number of nitrogens with one attached hydrogen (secondary N) is 1. The lowest BCUT2D eigenvalue weighted by molar-refractivity contribution is 0.0586. The van der Waals surface area contributed by atoms with Gasteiger partial charge in [0, 0.05) is 24.2 Å². The third-order valence-corrected chi connectivity index (χ3v) is 9.31. The molecule has 5 rings (SSSR count). The fourth-order valence-electron chi connectivity index (χ4n) is 6.23. The molecule has 0 amide bonds. The van der Waals surface area contributed by atoms with Crippen LogP contribution in [-0.4, -0.2) is 36.7 Å². The van der Waals surface area contributed by atoms with Crippen molar-refractivity contribution in [2.75, 3.05) is 17.9 Å². The zero-order valence-corrected chi connectivity index (χ0v) is 23.3. The summed E-state index contributed by atoms with van der Waals surface area (Å²) in [5.74, 6) is 1.73. The van der Waals surface area contributed by atoms with Crippen molar-refractivity contribution in [3.05, 3.63) is 65.2 Å². The molecule has 2 aliphatic rings. The number of aromatic nitrogens is 2. The Kier molecular flexibility index (Phi) is 7.47. The number of hydrogen-bond donors (Lipinski definition) is 2. The second-order valence-electron chi connectivity index (χ2n) is 11.4. The van der Waals surface area contributed by atoms with Crippen LogP contribution >= 0.6 is 0 Å². The second kappa shape index (κ2) is 10.7. The van der Waals surface area contributed by atoms with Crippen LogP contribution in [0.4, 0.5) is 5.95 Å². The van der Waals surface area contributed by atoms with E-state index in [2.05, 4.69) is 28.5 Å². The topological polar surface area (TPSA) is 101 Å². The minimum atomic E-state index is -3.93. The highest BCUT2D eigenvalue weighted by Gasteiger charge is 2.40. The van der Waals surface area contributed by atoms with Crippen molar-refractivity contribution in [3.8, 4) is 17.1 Å². The molecule has 2 heterocycles. The number of nitrogens with zero attached hydrogens (tertiary/aromatic N) is 2. The van der Waals surface area contributed by atoms with Gasteiger partial charge in [-0.25, -0.2) is 18.1 Å². The number of ether oxygens (including phenoxy) is 1. The third kappa shape index (κ3) is 5.43. The maximum absolute atomic E-state index is 13.5. The fraction of sp³-hybridized carbons (Fsp3) is 0.467. The first-order valence-electron chi connectivity index (χ1n) is 13.5. The van der Waals surface area contributed by atoms with Crippen LogP contribution in [0.25, 0.3) is 11.3 Å². The van der Waals surface area contributed by atoms with Gasteiger partial charge in [-0.05, 0) is 85.6 Å². The van der Waals surface area contributed by atoms with E-state index in [0.717, 1.165) is 41.5 Å². The average molecular weight is 536 g/mol. The van der Waals surface area contributed by atoms with Crippen LogP contribution in [0.1, 0.15) is 55.7 Å². The normalized spacial score (nSPS) is 24.4. The first-order valence-corrected chi connectivity index (χ1v) is 14.9. The summed E-state index contributed by atoms with van der Waals surface area (Å²) in [5, 5.41) is 9.68. The van der Waals surface area contributed by atoms with E-state index in [1.54, 1.807) is 12.1 Å². The first kappa shape index (κ1) is 26.6. The van der Waals surface area contributed by atoms with Gasteiger partial charge in [-0.15, -0.1) is 0 Å². The van der Waals surface area contributed by atoms with Crippen molar-refractivity contribution in [2.45, 2.75) is 57.8 Å². The predicted octanol–water partition coefficient (Wildman–Crippen LogP) is 5.72. The maximum Gasteiger partial charge on any atom is 0.264 e. The molecule has 7 nitrogen and oxygen atoms in total. The average Bonchev–Trinajstić information content (AvgIpc) is 2.83. The van der Waals surface area contributed by atoms with Crippen LogP contribution < -0.4 is 9.46 Å². The van der Waals surface area contributed by atoms with Crippen LogP contribution in [-0.2, 0) is 10.0 Å². The molecule has 0 saturated heterocycles. The minimum absolute atomic E-state index is 0.00660. The molecule has 202 valence electrons. The van der Waals surface area contributed by atoms with Gasteiger partial charge in [0.25, 0.3) is 10.0 Å². The van der Waals surface area contributed by atoms with Crippen molar-refractivity contribution in [3.63, 3.8) is 0 Å². The van der Waals surface area contributed by atoms with E-state index in [1.165, 1.54) is 0 Å². The Hall–Kier alpha value is -2.97. The zero-order valence-electron chi connectivity index (χ0n) is 22.5. The Bertz CT molecular complexity index is 1400. The van der Waals surface area contributed by atoms with Crippen LogP contribution in [0.15, 0.2) is 53.4 Å². The molecule has 38 heavy (non-hydrogen) atoms. The van der Waals surface area contributed by atoms with Crippen molar-refractivity contribution >= 4 is 16.0 Å². The monoisotopic (exact) mass is 535 g/mol. The van der Waals surface area contributed by atoms with Crippen molar-refractivity contribution < 1.29 is 18.3 Å². The van der Waals surface area contributed by atoms with Crippen LogP contribution in [0.3, 0.4) is 0 Å². The van der Waals surface area contributed by atoms with E-state index in [9.17, 15) is 13.5 Å². The Morgan fingerprint density at radius 3 is 2.45 bits per heavy atom. The summed E-state index contributed by atoms with van der Waals surface area (Å²) in [4.78, 5) is 9.28. The summed E-state index contributed by atoms with van der Waals surface area (Å²) in [5.41, 5.74) is 4.65. The molecule has 1 aliphatic heterocycles. The van der Waals surface area contributed by atoms with Gasteiger partial charge < -0.3 is 9.84 Å². The van der Waals surface area contributed by atoms with Gasteiger partial charge in [-0.3, -0.25) is 0 Å². The van der Waals surface area contributed by atoms with Crippen molar-refractivity contribution in [1.29, 1.82) is 0 Å². The van der Waals surface area contributed by atoms with E-state index in [0.29, 0.717) is 35.9 Å². The summed E-state index contributed by atoms with van der Waals surface area (Å²) >= 11 is 0. The van der Waals surface area contributed by atoms with Crippen molar-refractivity contribution in [2.24, 2.45) is 23.7 Å². The van der Waals surface area contributed by atoms with Crippen LogP contribution in [0, 0.1) is 37.5 Å². The lowest BCUT2D eigenvalue weighted by Gasteiger charge is -2.44. The molecule has 3 aromatic rings. The Balaban J connectivity index is 1.63. The second-order valence-corrected chi connectivity index (χ2v) is 13.0. The number of hydrogen-bond acceptors (Lipinski definition) is 6. The smallest absolute Gasteiger partial charge is 0.264 e. The molecule has 0 spiro atoms. The summed E-state index contributed by atoms with van der Waals surface area (Å²) in [6.45, 7) is 9.09.